The molecule has 0 N–H and O–H groups in total. The van der Waals surface area contributed by atoms with E-state index in [9.17, 15) is 4.39 Å². The topological polar surface area (TPSA) is 30.7 Å². The van der Waals surface area contributed by atoms with Crippen LogP contribution in [0, 0.1) is 19.7 Å². The normalized spacial score (nSPS) is 11.0. The lowest BCUT2D eigenvalue weighted by Gasteiger charge is -2.07. The van der Waals surface area contributed by atoms with Crippen LogP contribution >= 0.6 is 27.3 Å². The summed E-state index contributed by atoms with van der Waals surface area (Å²) in [5, 5.41) is 5.61. The second kappa shape index (κ2) is 5.69. The molecule has 0 unspecified atom stereocenters. The van der Waals surface area contributed by atoms with Crippen molar-refractivity contribution in [2.45, 2.75) is 20.4 Å². The number of aryl methyl sites for hydroxylation is 2. The van der Waals surface area contributed by atoms with E-state index in [4.69, 9.17) is 0 Å². The van der Waals surface area contributed by atoms with Crippen molar-refractivity contribution in [3.8, 4) is 11.3 Å². The van der Waals surface area contributed by atoms with Gasteiger partial charge in [-0.25, -0.2) is 9.37 Å². The Bertz CT molecular complexity index is 777. The molecule has 3 aromatic rings. The summed E-state index contributed by atoms with van der Waals surface area (Å²) in [6, 6.07) is 6.46. The van der Waals surface area contributed by atoms with Crippen LogP contribution in [0.4, 0.5) is 4.39 Å². The molecular formula is C15H13BrFN3S. The van der Waals surface area contributed by atoms with Crippen LogP contribution in [0.25, 0.3) is 11.3 Å². The van der Waals surface area contributed by atoms with Crippen LogP contribution in [0.15, 0.2) is 34.9 Å². The van der Waals surface area contributed by atoms with Crippen LogP contribution in [0.2, 0.25) is 0 Å². The van der Waals surface area contributed by atoms with Gasteiger partial charge in [0.25, 0.3) is 0 Å². The number of halogens is 2. The quantitative estimate of drug-likeness (QED) is 0.680. The predicted molar refractivity (Wildman–Crippen MR) is 86.0 cm³/mol. The van der Waals surface area contributed by atoms with Gasteiger partial charge in [0.15, 0.2) is 0 Å². The summed E-state index contributed by atoms with van der Waals surface area (Å²) in [6.45, 7) is 4.59. The molecule has 0 aliphatic carbocycles. The zero-order valence-corrected chi connectivity index (χ0v) is 14.0. The lowest BCUT2D eigenvalue weighted by atomic mass is 10.1. The smallest absolute Gasteiger partial charge is 0.123 e. The third-order valence-corrected chi connectivity index (χ3v) is 4.99. The Hall–Kier alpha value is -1.53. The molecule has 108 valence electrons. The van der Waals surface area contributed by atoms with Crippen LogP contribution in [0.3, 0.4) is 0 Å². The van der Waals surface area contributed by atoms with E-state index in [1.807, 2.05) is 24.7 Å². The maximum atomic E-state index is 13.1. The van der Waals surface area contributed by atoms with Crippen molar-refractivity contribution in [1.29, 1.82) is 0 Å². The Balaban J connectivity index is 2.05. The molecule has 0 atom stereocenters. The lowest BCUT2D eigenvalue weighted by Crippen LogP contribution is -2.02. The maximum absolute atomic E-state index is 13.1. The molecule has 0 aliphatic rings. The Morgan fingerprint density at radius 1 is 1.24 bits per heavy atom. The second-order valence-electron chi connectivity index (χ2n) is 4.76. The number of nitrogens with zero attached hydrogens (tertiary/aromatic N) is 3. The van der Waals surface area contributed by atoms with E-state index in [1.54, 1.807) is 23.5 Å². The largest absolute Gasteiger partial charge is 0.258 e. The molecule has 0 saturated carbocycles. The number of hydrogen-bond donors (Lipinski definition) is 0. The minimum absolute atomic E-state index is 0.240. The number of benzene rings is 1. The average molecular weight is 366 g/mol. The van der Waals surface area contributed by atoms with Gasteiger partial charge in [0, 0.05) is 16.6 Å². The van der Waals surface area contributed by atoms with E-state index in [2.05, 4.69) is 26.0 Å². The molecule has 0 bridgehead atoms. The minimum atomic E-state index is -0.240. The van der Waals surface area contributed by atoms with E-state index in [0.29, 0.717) is 6.54 Å². The third-order valence-electron chi connectivity index (χ3n) is 3.15. The standard InChI is InChI=1S/C15H13BrFN3S/c1-9-14(16)15(11-3-5-12(17)6-4-11)20(19-9)8-13-7-18-10(2)21-13/h3-7H,8H2,1-2H3. The van der Waals surface area contributed by atoms with E-state index < -0.39 is 0 Å². The first-order chi connectivity index (χ1) is 10.0. The van der Waals surface area contributed by atoms with Gasteiger partial charge in [-0.2, -0.15) is 5.10 Å². The Morgan fingerprint density at radius 2 is 1.95 bits per heavy atom. The van der Waals surface area contributed by atoms with Crippen molar-refractivity contribution >= 4 is 27.3 Å². The molecule has 1 aromatic carbocycles. The molecular weight excluding hydrogens is 353 g/mol. The fourth-order valence-corrected chi connectivity index (χ4v) is 3.47. The second-order valence-corrected chi connectivity index (χ2v) is 6.87. The van der Waals surface area contributed by atoms with Gasteiger partial charge < -0.3 is 0 Å². The highest BCUT2D eigenvalue weighted by atomic mass is 79.9. The zero-order valence-electron chi connectivity index (χ0n) is 11.6. The molecule has 0 aliphatic heterocycles. The Morgan fingerprint density at radius 3 is 2.57 bits per heavy atom. The molecule has 0 amide bonds. The summed E-state index contributed by atoms with van der Waals surface area (Å²) >= 11 is 5.24. The van der Waals surface area contributed by atoms with Crippen molar-refractivity contribution < 1.29 is 4.39 Å². The molecule has 3 rings (SSSR count). The number of hydrogen-bond acceptors (Lipinski definition) is 3. The number of thiazole rings is 1. The fraction of sp³-hybridized carbons (Fsp3) is 0.200. The average Bonchev–Trinajstić information content (AvgIpc) is 2.97. The summed E-state index contributed by atoms with van der Waals surface area (Å²) in [6.07, 6.45) is 1.87. The number of aromatic nitrogens is 3. The molecule has 2 heterocycles. The molecule has 0 radical (unpaired) electrons. The van der Waals surface area contributed by atoms with Crippen LogP contribution in [-0.4, -0.2) is 14.8 Å². The highest BCUT2D eigenvalue weighted by Gasteiger charge is 2.16. The van der Waals surface area contributed by atoms with Gasteiger partial charge in [0.1, 0.15) is 5.82 Å². The summed E-state index contributed by atoms with van der Waals surface area (Å²) in [4.78, 5) is 5.42. The van der Waals surface area contributed by atoms with E-state index in [-0.39, 0.29) is 5.82 Å². The van der Waals surface area contributed by atoms with Crippen LogP contribution in [0.1, 0.15) is 15.6 Å². The Labute approximate surface area is 134 Å². The predicted octanol–water partition coefficient (Wildman–Crippen LogP) is 4.57. The van der Waals surface area contributed by atoms with E-state index in [0.717, 1.165) is 31.3 Å². The first-order valence-corrected chi connectivity index (χ1v) is 8.05. The fourth-order valence-electron chi connectivity index (χ4n) is 2.18. The van der Waals surface area contributed by atoms with Gasteiger partial charge in [-0.3, -0.25) is 4.68 Å². The molecule has 2 aromatic heterocycles. The molecule has 6 heteroatoms. The van der Waals surface area contributed by atoms with Crippen molar-refractivity contribution in [2.24, 2.45) is 0 Å². The van der Waals surface area contributed by atoms with Gasteiger partial charge in [-0.1, -0.05) is 0 Å². The van der Waals surface area contributed by atoms with E-state index in [1.165, 1.54) is 12.1 Å². The minimum Gasteiger partial charge on any atom is -0.258 e. The van der Waals surface area contributed by atoms with Crippen molar-refractivity contribution in [3.05, 3.63) is 56.3 Å². The van der Waals surface area contributed by atoms with Gasteiger partial charge in [0.05, 0.1) is 27.4 Å². The van der Waals surface area contributed by atoms with Gasteiger partial charge in [0.2, 0.25) is 0 Å². The molecule has 0 fully saturated rings. The van der Waals surface area contributed by atoms with Crippen LogP contribution < -0.4 is 0 Å². The van der Waals surface area contributed by atoms with E-state index >= 15 is 0 Å². The first kappa shape index (κ1) is 14.4. The summed E-state index contributed by atoms with van der Waals surface area (Å²) < 4.78 is 16.0. The molecule has 0 spiro atoms. The zero-order chi connectivity index (χ0) is 15.0. The highest BCUT2D eigenvalue weighted by Crippen LogP contribution is 2.32. The first-order valence-electron chi connectivity index (χ1n) is 6.45. The van der Waals surface area contributed by atoms with Crippen molar-refractivity contribution in [1.82, 2.24) is 14.8 Å². The van der Waals surface area contributed by atoms with Gasteiger partial charge >= 0.3 is 0 Å². The summed E-state index contributed by atoms with van der Waals surface area (Å²) in [5.74, 6) is -0.240. The summed E-state index contributed by atoms with van der Waals surface area (Å²) in [5.41, 5.74) is 2.80. The van der Waals surface area contributed by atoms with Crippen molar-refractivity contribution in [2.75, 3.05) is 0 Å². The maximum Gasteiger partial charge on any atom is 0.123 e. The number of rotatable bonds is 3. The highest BCUT2D eigenvalue weighted by molar-refractivity contribution is 9.10. The molecule has 3 nitrogen and oxygen atoms in total. The van der Waals surface area contributed by atoms with Gasteiger partial charge in [-0.05, 0) is 54.0 Å². The molecule has 21 heavy (non-hydrogen) atoms. The SMILES string of the molecule is Cc1ncc(Cn2nc(C)c(Br)c2-c2ccc(F)cc2)s1. The van der Waals surface area contributed by atoms with Gasteiger partial charge in [-0.15, -0.1) is 11.3 Å². The monoisotopic (exact) mass is 365 g/mol. The van der Waals surface area contributed by atoms with Crippen LogP contribution in [0.5, 0.6) is 0 Å². The van der Waals surface area contributed by atoms with Crippen molar-refractivity contribution in [3.63, 3.8) is 0 Å². The summed E-state index contributed by atoms with van der Waals surface area (Å²) in [7, 11) is 0. The van der Waals surface area contributed by atoms with Crippen LogP contribution in [-0.2, 0) is 6.54 Å². The Kier molecular flexibility index (Phi) is 3.91. The molecule has 0 saturated heterocycles. The lowest BCUT2D eigenvalue weighted by molar-refractivity contribution is 0.627. The third kappa shape index (κ3) is 2.91.